The van der Waals surface area contributed by atoms with Crippen molar-refractivity contribution in [1.82, 2.24) is 4.98 Å². The number of ether oxygens (including phenoxy) is 2. The van der Waals surface area contributed by atoms with E-state index in [4.69, 9.17) is 9.47 Å². The number of anilines is 2. The summed E-state index contributed by atoms with van der Waals surface area (Å²) < 4.78 is 10.3. The van der Waals surface area contributed by atoms with Crippen LogP contribution in [0, 0.1) is 0 Å². The summed E-state index contributed by atoms with van der Waals surface area (Å²) in [7, 11) is 0. The molecular weight excluding hydrogens is 322 g/mol. The van der Waals surface area contributed by atoms with Crippen molar-refractivity contribution >= 4 is 23.7 Å². The molecule has 0 saturated heterocycles. The Kier molecular flexibility index (Phi) is 5.94. The minimum Gasteiger partial charge on any atom is -0.444 e. The number of carbonyl (C=O) groups is 2. The predicted molar refractivity (Wildman–Crippen MR) is 94.3 cm³/mol. The third kappa shape index (κ3) is 6.50. The highest BCUT2D eigenvalue weighted by Gasteiger charge is 2.18. The van der Waals surface area contributed by atoms with Crippen LogP contribution in [0.1, 0.15) is 26.3 Å². The van der Waals surface area contributed by atoms with E-state index < -0.39 is 17.8 Å². The van der Waals surface area contributed by atoms with Gasteiger partial charge in [-0.2, -0.15) is 0 Å². The molecule has 132 valence electrons. The molecule has 1 aromatic heterocycles. The maximum absolute atomic E-state index is 11.9. The number of rotatable bonds is 4. The van der Waals surface area contributed by atoms with Crippen LogP contribution in [-0.4, -0.2) is 22.8 Å². The fourth-order valence-electron chi connectivity index (χ4n) is 1.88. The summed E-state index contributed by atoms with van der Waals surface area (Å²) in [6.07, 6.45) is 0.184. The molecule has 1 aromatic carbocycles. The van der Waals surface area contributed by atoms with Crippen LogP contribution in [0.4, 0.5) is 21.1 Å². The van der Waals surface area contributed by atoms with Gasteiger partial charge in [0.25, 0.3) is 0 Å². The second kappa shape index (κ2) is 8.14. The van der Waals surface area contributed by atoms with Crippen LogP contribution >= 0.6 is 0 Å². The minimum absolute atomic E-state index is 0.141. The highest BCUT2D eigenvalue weighted by Crippen LogP contribution is 2.19. The predicted octanol–water partition coefficient (Wildman–Crippen LogP) is 4.18. The van der Waals surface area contributed by atoms with Gasteiger partial charge in [0, 0.05) is 6.20 Å². The first-order valence-corrected chi connectivity index (χ1v) is 7.76. The normalized spacial score (nSPS) is 10.7. The molecular formula is C18H21N3O4. The average molecular weight is 343 g/mol. The van der Waals surface area contributed by atoms with Gasteiger partial charge in [-0.3, -0.25) is 10.6 Å². The zero-order valence-corrected chi connectivity index (χ0v) is 14.4. The SMILES string of the molecule is CC(C)(C)OC(=O)Nc1ncccc1NC(=O)OCc1ccccc1. The maximum Gasteiger partial charge on any atom is 0.413 e. The molecule has 0 unspecified atom stereocenters. The molecule has 25 heavy (non-hydrogen) atoms. The van der Waals surface area contributed by atoms with Crippen molar-refractivity contribution in [2.24, 2.45) is 0 Å². The van der Waals surface area contributed by atoms with Crippen LogP contribution in [0.5, 0.6) is 0 Å². The third-order valence-electron chi connectivity index (χ3n) is 2.88. The average Bonchev–Trinajstić information content (AvgIpc) is 2.54. The Morgan fingerprint density at radius 2 is 1.72 bits per heavy atom. The van der Waals surface area contributed by atoms with E-state index in [9.17, 15) is 9.59 Å². The van der Waals surface area contributed by atoms with Crippen molar-refractivity contribution < 1.29 is 19.1 Å². The van der Waals surface area contributed by atoms with Gasteiger partial charge in [0.15, 0.2) is 5.82 Å². The first kappa shape index (κ1) is 18.3. The van der Waals surface area contributed by atoms with E-state index >= 15 is 0 Å². The molecule has 2 aromatic rings. The summed E-state index contributed by atoms with van der Waals surface area (Å²) in [6.45, 7) is 5.41. The minimum atomic E-state index is -0.660. The molecule has 0 atom stereocenters. The third-order valence-corrected chi connectivity index (χ3v) is 2.88. The van der Waals surface area contributed by atoms with Gasteiger partial charge in [-0.25, -0.2) is 14.6 Å². The van der Waals surface area contributed by atoms with Crippen molar-refractivity contribution in [2.45, 2.75) is 33.0 Å². The Hall–Kier alpha value is -3.09. The molecule has 2 rings (SSSR count). The van der Waals surface area contributed by atoms with E-state index in [0.717, 1.165) is 5.56 Å². The van der Waals surface area contributed by atoms with Crippen molar-refractivity contribution in [1.29, 1.82) is 0 Å². The standard InChI is InChI=1S/C18H21N3O4/c1-18(2,3)25-17(23)21-15-14(10-7-11-19-15)20-16(22)24-12-13-8-5-4-6-9-13/h4-11H,12H2,1-3H3,(H,20,22)(H,19,21,23). The lowest BCUT2D eigenvalue weighted by Crippen LogP contribution is -2.28. The van der Waals surface area contributed by atoms with Crippen LogP contribution in [-0.2, 0) is 16.1 Å². The summed E-state index contributed by atoms with van der Waals surface area (Å²) in [4.78, 5) is 27.8. The first-order chi connectivity index (χ1) is 11.8. The van der Waals surface area contributed by atoms with E-state index in [-0.39, 0.29) is 12.4 Å². The Morgan fingerprint density at radius 1 is 1.00 bits per heavy atom. The van der Waals surface area contributed by atoms with Crippen LogP contribution in [0.3, 0.4) is 0 Å². The zero-order valence-electron chi connectivity index (χ0n) is 14.4. The first-order valence-electron chi connectivity index (χ1n) is 7.76. The monoisotopic (exact) mass is 343 g/mol. The van der Waals surface area contributed by atoms with Gasteiger partial charge in [0.05, 0.1) is 5.69 Å². The van der Waals surface area contributed by atoms with Crippen LogP contribution in [0.15, 0.2) is 48.7 Å². The number of hydrogen-bond donors (Lipinski definition) is 2. The molecule has 0 bridgehead atoms. The molecule has 0 fully saturated rings. The van der Waals surface area contributed by atoms with E-state index in [1.165, 1.54) is 6.20 Å². The lowest BCUT2D eigenvalue weighted by molar-refractivity contribution is 0.0635. The Balaban J connectivity index is 1.95. The molecule has 0 aliphatic rings. The molecule has 7 heteroatoms. The summed E-state index contributed by atoms with van der Waals surface area (Å²) in [5, 5.41) is 5.06. The Bertz CT molecular complexity index is 727. The van der Waals surface area contributed by atoms with Gasteiger partial charge in [-0.15, -0.1) is 0 Å². The number of nitrogens with zero attached hydrogens (tertiary/aromatic N) is 1. The highest BCUT2D eigenvalue weighted by atomic mass is 16.6. The molecule has 2 amide bonds. The van der Waals surface area contributed by atoms with Gasteiger partial charge in [0.1, 0.15) is 12.2 Å². The lowest BCUT2D eigenvalue weighted by Gasteiger charge is -2.20. The Labute approximate surface area is 146 Å². The molecule has 0 aliphatic heterocycles. The molecule has 2 N–H and O–H groups in total. The number of pyridine rings is 1. The second-order valence-electron chi connectivity index (χ2n) is 6.21. The lowest BCUT2D eigenvalue weighted by atomic mass is 10.2. The van der Waals surface area contributed by atoms with Crippen molar-refractivity contribution in [2.75, 3.05) is 10.6 Å². The number of hydrogen-bond acceptors (Lipinski definition) is 5. The van der Waals surface area contributed by atoms with Crippen LogP contribution < -0.4 is 10.6 Å². The van der Waals surface area contributed by atoms with Crippen molar-refractivity contribution in [3.63, 3.8) is 0 Å². The molecule has 0 spiro atoms. The van der Waals surface area contributed by atoms with Crippen LogP contribution in [0.25, 0.3) is 0 Å². The van der Waals surface area contributed by atoms with E-state index in [1.54, 1.807) is 32.9 Å². The summed E-state index contributed by atoms with van der Waals surface area (Å²) >= 11 is 0. The smallest absolute Gasteiger partial charge is 0.413 e. The molecule has 0 radical (unpaired) electrons. The Morgan fingerprint density at radius 3 is 2.40 bits per heavy atom. The molecule has 0 saturated carbocycles. The van der Waals surface area contributed by atoms with Crippen LogP contribution in [0.2, 0.25) is 0 Å². The summed E-state index contributed by atoms with van der Waals surface area (Å²) in [6, 6.07) is 12.5. The molecule has 0 aliphatic carbocycles. The van der Waals surface area contributed by atoms with E-state index in [1.807, 2.05) is 30.3 Å². The van der Waals surface area contributed by atoms with Gasteiger partial charge in [-0.05, 0) is 38.5 Å². The number of aromatic nitrogens is 1. The fraction of sp³-hybridized carbons (Fsp3) is 0.278. The largest absolute Gasteiger partial charge is 0.444 e. The quantitative estimate of drug-likeness (QED) is 0.869. The highest BCUT2D eigenvalue weighted by molar-refractivity contribution is 5.93. The maximum atomic E-state index is 11.9. The second-order valence-corrected chi connectivity index (χ2v) is 6.21. The summed E-state index contributed by atoms with van der Waals surface area (Å²) in [5.74, 6) is 0.174. The fourth-order valence-corrected chi connectivity index (χ4v) is 1.88. The number of benzene rings is 1. The zero-order chi connectivity index (χ0) is 18.3. The topological polar surface area (TPSA) is 89.5 Å². The number of amides is 2. The molecule has 7 nitrogen and oxygen atoms in total. The van der Waals surface area contributed by atoms with E-state index in [2.05, 4.69) is 15.6 Å². The van der Waals surface area contributed by atoms with Gasteiger partial charge >= 0.3 is 12.2 Å². The van der Waals surface area contributed by atoms with Crippen molar-refractivity contribution in [3.8, 4) is 0 Å². The van der Waals surface area contributed by atoms with Gasteiger partial charge < -0.3 is 9.47 Å². The van der Waals surface area contributed by atoms with Crippen molar-refractivity contribution in [3.05, 3.63) is 54.2 Å². The number of nitrogens with one attached hydrogen (secondary N) is 2. The number of carbonyl (C=O) groups excluding carboxylic acids is 2. The summed E-state index contributed by atoms with van der Waals surface area (Å²) in [5.41, 5.74) is 0.545. The molecule has 1 heterocycles. The van der Waals surface area contributed by atoms with E-state index in [0.29, 0.717) is 5.69 Å². The van der Waals surface area contributed by atoms with Gasteiger partial charge in [-0.1, -0.05) is 30.3 Å². The van der Waals surface area contributed by atoms with Gasteiger partial charge in [0.2, 0.25) is 0 Å².